The number of rotatable bonds is 5. The minimum atomic E-state index is -0.950. The lowest BCUT2D eigenvalue weighted by Crippen LogP contribution is -2.35. The van der Waals surface area contributed by atoms with E-state index in [1.165, 1.54) is 6.33 Å². The van der Waals surface area contributed by atoms with Crippen LogP contribution in [0.15, 0.2) is 6.33 Å². The van der Waals surface area contributed by atoms with E-state index in [4.69, 9.17) is 0 Å². The number of aromatic amines is 1. The monoisotopic (exact) mass is 290 g/mol. The van der Waals surface area contributed by atoms with Gasteiger partial charge < -0.3 is 10.4 Å². The van der Waals surface area contributed by atoms with Gasteiger partial charge in [0.05, 0.1) is 6.54 Å². The summed E-state index contributed by atoms with van der Waals surface area (Å²) in [7, 11) is 0. The molecule has 1 aliphatic carbocycles. The average molecular weight is 290 g/mol. The zero-order valence-corrected chi connectivity index (χ0v) is 11.8. The van der Waals surface area contributed by atoms with Gasteiger partial charge in [-0.2, -0.15) is 10.2 Å². The van der Waals surface area contributed by atoms with Crippen molar-refractivity contribution >= 4 is 5.97 Å². The highest BCUT2D eigenvalue weighted by Crippen LogP contribution is 2.25. The number of fused-ring (bicyclic) bond motifs is 1. The zero-order chi connectivity index (χ0) is 14.8. The fraction of sp³-hybridized carbons (Fsp3) is 0.538. The number of aromatic nitrogens is 5. The second-order valence-electron chi connectivity index (χ2n) is 5.15. The largest absolute Gasteiger partial charge is 0.476 e. The van der Waals surface area contributed by atoms with Crippen LogP contribution in [0.5, 0.6) is 0 Å². The van der Waals surface area contributed by atoms with E-state index in [1.807, 2.05) is 11.6 Å². The molecule has 0 fully saturated rings. The van der Waals surface area contributed by atoms with E-state index in [-0.39, 0.29) is 11.7 Å². The molecule has 21 heavy (non-hydrogen) atoms. The van der Waals surface area contributed by atoms with E-state index in [0.29, 0.717) is 19.5 Å². The summed E-state index contributed by atoms with van der Waals surface area (Å²) in [6.07, 6.45) is 3.97. The fourth-order valence-corrected chi connectivity index (χ4v) is 2.85. The second kappa shape index (κ2) is 5.65. The molecule has 0 bridgehead atoms. The minimum absolute atomic E-state index is 0.193. The van der Waals surface area contributed by atoms with Gasteiger partial charge in [0.15, 0.2) is 5.69 Å². The first kappa shape index (κ1) is 13.7. The molecule has 2 aromatic heterocycles. The molecule has 3 rings (SSSR count). The lowest BCUT2D eigenvalue weighted by molar-refractivity contribution is 0.0688. The number of carbonyl (C=O) groups is 1. The smallest absolute Gasteiger partial charge is 0.356 e. The van der Waals surface area contributed by atoms with Crippen molar-refractivity contribution in [3.63, 3.8) is 0 Å². The van der Waals surface area contributed by atoms with E-state index in [9.17, 15) is 9.90 Å². The predicted molar refractivity (Wildman–Crippen MR) is 73.9 cm³/mol. The molecule has 0 radical (unpaired) electrons. The number of nitrogens with one attached hydrogen (secondary N) is 2. The maximum atomic E-state index is 11.3. The van der Waals surface area contributed by atoms with Crippen LogP contribution in [-0.4, -0.2) is 42.1 Å². The number of H-pyrrole nitrogens is 1. The van der Waals surface area contributed by atoms with Gasteiger partial charge in [0.2, 0.25) is 0 Å². The first-order valence-corrected chi connectivity index (χ1v) is 7.08. The highest BCUT2D eigenvalue weighted by Gasteiger charge is 2.28. The molecule has 0 aromatic carbocycles. The van der Waals surface area contributed by atoms with Crippen molar-refractivity contribution in [2.75, 3.05) is 0 Å². The van der Waals surface area contributed by atoms with Crippen molar-refractivity contribution in [2.45, 2.75) is 45.3 Å². The van der Waals surface area contributed by atoms with Crippen LogP contribution in [0, 0.1) is 0 Å². The molecule has 8 nitrogen and oxygen atoms in total. The summed E-state index contributed by atoms with van der Waals surface area (Å²) in [5.74, 6) is -0.169. The summed E-state index contributed by atoms with van der Waals surface area (Å²) in [4.78, 5) is 15.4. The molecule has 0 spiro atoms. The molecule has 2 heterocycles. The molecule has 1 aliphatic rings. The molecule has 0 unspecified atom stereocenters. The van der Waals surface area contributed by atoms with Crippen molar-refractivity contribution in [3.05, 3.63) is 29.1 Å². The predicted octanol–water partition coefficient (Wildman–Crippen LogP) is 0.366. The first-order chi connectivity index (χ1) is 10.2. The van der Waals surface area contributed by atoms with Gasteiger partial charge in [0.1, 0.15) is 12.2 Å². The highest BCUT2D eigenvalue weighted by molar-refractivity contribution is 5.87. The average Bonchev–Trinajstić information content (AvgIpc) is 3.12. The van der Waals surface area contributed by atoms with E-state index < -0.39 is 5.97 Å². The number of hydrogen-bond donors (Lipinski definition) is 3. The van der Waals surface area contributed by atoms with Crippen LogP contribution in [-0.2, 0) is 25.9 Å². The number of carboxylic acid groups (broad SMARTS) is 1. The summed E-state index contributed by atoms with van der Waals surface area (Å²) in [6, 6.07) is 0.232. The van der Waals surface area contributed by atoms with Gasteiger partial charge in [-0.3, -0.25) is 9.78 Å². The Hall–Kier alpha value is -2.22. The molecule has 112 valence electrons. The third-order valence-electron chi connectivity index (χ3n) is 3.87. The fourth-order valence-electron chi connectivity index (χ4n) is 2.85. The molecule has 1 atom stereocenters. The third kappa shape index (κ3) is 2.66. The van der Waals surface area contributed by atoms with Crippen LogP contribution in [0.25, 0.3) is 0 Å². The van der Waals surface area contributed by atoms with Crippen LogP contribution in [0.1, 0.15) is 40.9 Å². The Morgan fingerprint density at radius 3 is 3.14 bits per heavy atom. The van der Waals surface area contributed by atoms with Gasteiger partial charge >= 0.3 is 5.97 Å². The van der Waals surface area contributed by atoms with Gasteiger partial charge in [0, 0.05) is 23.8 Å². The Balaban J connectivity index is 1.74. The molecular formula is C13H18N6O2. The molecule has 0 amide bonds. The number of hydrogen-bond acceptors (Lipinski definition) is 5. The summed E-state index contributed by atoms with van der Waals surface area (Å²) >= 11 is 0. The Kier molecular flexibility index (Phi) is 3.70. The molecule has 2 aromatic rings. The zero-order valence-electron chi connectivity index (χ0n) is 11.8. The van der Waals surface area contributed by atoms with Gasteiger partial charge in [0.25, 0.3) is 0 Å². The molecular weight excluding hydrogens is 272 g/mol. The number of carboxylic acids is 1. The molecule has 3 N–H and O–H groups in total. The minimum Gasteiger partial charge on any atom is -0.476 e. The maximum absolute atomic E-state index is 11.3. The Labute approximate surface area is 121 Å². The number of aromatic carboxylic acids is 1. The Bertz CT molecular complexity index is 633. The van der Waals surface area contributed by atoms with Crippen molar-refractivity contribution in [2.24, 2.45) is 0 Å². The lowest BCUT2D eigenvalue weighted by atomic mass is 9.91. The number of nitrogens with zero attached hydrogens (tertiary/aromatic N) is 4. The van der Waals surface area contributed by atoms with Crippen LogP contribution >= 0.6 is 0 Å². The molecule has 8 heteroatoms. The Morgan fingerprint density at radius 2 is 2.48 bits per heavy atom. The topological polar surface area (TPSA) is 109 Å². The van der Waals surface area contributed by atoms with E-state index in [2.05, 4.69) is 25.6 Å². The van der Waals surface area contributed by atoms with Crippen LogP contribution < -0.4 is 5.32 Å². The maximum Gasteiger partial charge on any atom is 0.356 e. The normalized spacial score (nSPS) is 17.7. The van der Waals surface area contributed by atoms with Crippen LogP contribution in [0.3, 0.4) is 0 Å². The van der Waals surface area contributed by atoms with Crippen LogP contribution in [0.2, 0.25) is 0 Å². The van der Waals surface area contributed by atoms with Crippen LogP contribution in [0.4, 0.5) is 0 Å². The van der Waals surface area contributed by atoms with Crippen molar-refractivity contribution in [1.82, 2.24) is 30.3 Å². The Morgan fingerprint density at radius 1 is 1.62 bits per heavy atom. The summed E-state index contributed by atoms with van der Waals surface area (Å²) in [6.45, 7) is 3.28. The highest BCUT2D eigenvalue weighted by atomic mass is 16.4. The first-order valence-electron chi connectivity index (χ1n) is 7.08. The van der Waals surface area contributed by atoms with Crippen molar-refractivity contribution < 1.29 is 9.90 Å². The van der Waals surface area contributed by atoms with Gasteiger partial charge in [-0.25, -0.2) is 9.78 Å². The number of aryl methyl sites for hydroxylation is 1. The van der Waals surface area contributed by atoms with Crippen molar-refractivity contribution in [3.8, 4) is 0 Å². The molecule has 0 aliphatic heterocycles. The quantitative estimate of drug-likeness (QED) is 0.734. The summed E-state index contributed by atoms with van der Waals surface area (Å²) in [5, 5.41) is 23.5. The van der Waals surface area contributed by atoms with E-state index in [1.54, 1.807) is 0 Å². The van der Waals surface area contributed by atoms with Crippen molar-refractivity contribution in [1.29, 1.82) is 0 Å². The third-order valence-corrected chi connectivity index (χ3v) is 3.87. The molecule has 0 saturated carbocycles. The summed E-state index contributed by atoms with van der Waals surface area (Å²) < 4.78 is 1.81. The lowest BCUT2D eigenvalue weighted by Gasteiger charge is -2.23. The SMILES string of the molecule is CCn1nc(C(=O)O)c2c1CC[C@@H](NCc1ncn[nH]1)C2. The standard InChI is InChI=1S/C13H18N6O2/c1-2-19-10-4-3-8(14-6-11-15-7-16-17-11)5-9(10)12(18-19)13(20)21/h7-8,14H,2-6H2,1H3,(H,20,21)(H,15,16,17)/t8-/m1/s1. The van der Waals surface area contributed by atoms with E-state index >= 15 is 0 Å². The second-order valence-corrected chi connectivity index (χ2v) is 5.15. The van der Waals surface area contributed by atoms with Gasteiger partial charge in [-0.15, -0.1) is 0 Å². The van der Waals surface area contributed by atoms with Gasteiger partial charge in [-0.1, -0.05) is 0 Å². The van der Waals surface area contributed by atoms with E-state index in [0.717, 1.165) is 29.9 Å². The molecule has 0 saturated heterocycles. The van der Waals surface area contributed by atoms with Gasteiger partial charge in [-0.05, 0) is 26.2 Å². The summed E-state index contributed by atoms with van der Waals surface area (Å²) in [5.41, 5.74) is 2.12.